The van der Waals surface area contributed by atoms with Crippen molar-refractivity contribution >= 4 is 28.8 Å². The number of rotatable bonds is 7. The van der Waals surface area contributed by atoms with Gasteiger partial charge in [-0.1, -0.05) is 0 Å². The van der Waals surface area contributed by atoms with Crippen LogP contribution in [0.4, 0.5) is 31.7 Å². The third-order valence-electron chi connectivity index (χ3n) is 4.47. The lowest BCUT2D eigenvalue weighted by molar-refractivity contribution is 0.102. The fourth-order valence-electron chi connectivity index (χ4n) is 2.87. The summed E-state index contributed by atoms with van der Waals surface area (Å²) in [6.07, 6.45) is 1.42. The summed E-state index contributed by atoms with van der Waals surface area (Å²) in [6.45, 7) is 6.12. The summed E-state index contributed by atoms with van der Waals surface area (Å²) >= 11 is 0. The maximum atomic E-state index is 13.3. The molecule has 0 aliphatic heterocycles. The molecule has 2 aromatic carbocycles. The Morgan fingerprint density at radius 2 is 1.62 bits per heavy atom. The Bertz CT molecular complexity index is 971. The molecule has 0 saturated carbocycles. The number of hydrogen-bond donors (Lipinski definition) is 2. The molecule has 0 bridgehead atoms. The SMILES string of the molecule is CCN(CC)c1ccc(Nc2ccc(C(=O)Nc3ccc(F)c(F)c3)cn2)cc1. The number of benzene rings is 2. The molecule has 7 heteroatoms. The summed E-state index contributed by atoms with van der Waals surface area (Å²) in [6, 6.07) is 14.5. The number of anilines is 4. The van der Waals surface area contributed by atoms with Gasteiger partial charge in [-0.3, -0.25) is 4.79 Å². The smallest absolute Gasteiger partial charge is 0.257 e. The van der Waals surface area contributed by atoms with Gasteiger partial charge in [-0.2, -0.15) is 0 Å². The second-order valence-electron chi connectivity index (χ2n) is 6.36. The molecule has 0 aliphatic carbocycles. The van der Waals surface area contributed by atoms with Crippen LogP contribution in [-0.4, -0.2) is 24.0 Å². The number of nitrogens with zero attached hydrogens (tertiary/aromatic N) is 2. The molecular weight excluding hydrogens is 374 g/mol. The first-order chi connectivity index (χ1) is 14.0. The van der Waals surface area contributed by atoms with E-state index in [1.165, 1.54) is 12.3 Å². The predicted octanol–water partition coefficient (Wildman–Crippen LogP) is 5.20. The second kappa shape index (κ2) is 9.14. The fourth-order valence-corrected chi connectivity index (χ4v) is 2.87. The summed E-state index contributed by atoms with van der Waals surface area (Å²) in [4.78, 5) is 18.7. The van der Waals surface area contributed by atoms with Crippen LogP contribution in [0.1, 0.15) is 24.2 Å². The lowest BCUT2D eigenvalue weighted by Gasteiger charge is -2.21. The Morgan fingerprint density at radius 3 is 2.21 bits per heavy atom. The van der Waals surface area contributed by atoms with Crippen molar-refractivity contribution < 1.29 is 13.6 Å². The molecular formula is C22H22F2N4O. The van der Waals surface area contributed by atoms with E-state index in [2.05, 4.69) is 34.4 Å². The number of carbonyl (C=O) groups excluding carboxylic acids is 1. The van der Waals surface area contributed by atoms with E-state index in [0.29, 0.717) is 11.4 Å². The predicted molar refractivity (Wildman–Crippen MR) is 112 cm³/mol. The van der Waals surface area contributed by atoms with Gasteiger partial charge >= 0.3 is 0 Å². The third-order valence-corrected chi connectivity index (χ3v) is 4.47. The molecule has 0 atom stereocenters. The van der Waals surface area contributed by atoms with Gasteiger partial charge in [0, 0.05) is 42.4 Å². The summed E-state index contributed by atoms with van der Waals surface area (Å²) in [5.74, 6) is -1.86. The first kappa shape index (κ1) is 20.3. The number of hydrogen-bond acceptors (Lipinski definition) is 4. The quantitative estimate of drug-likeness (QED) is 0.576. The van der Waals surface area contributed by atoms with Crippen molar-refractivity contribution in [1.29, 1.82) is 0 Å². The van der Waals surface area contributed by atoms with E-state index >= 15 is 0 Å². The number of nitrogens with one attached hydrogen (secondary N) is 2. The molecule has 3 rings (SSSR count). The molecule has 150 valence electrons. The first-order valence-electron chi connectivity index (χ1n) is 9.34. The monoisotopic (exact) mass is 396 g/mol. The molecule has 5 nitrogen and oxygen atoms in total. The Balaban J connectivity index is 1.63. The van der Waals surface area contributed by atoms with Crippen molar-refractivity contribution in [3.8, 4) is 0 Å². The van der Waals surface area contributed by atoms with E-state index in [1.54, 1.807) is 12.1 Å². The van der Waals surface area contributed by atoms with Crippen LogP contribution < -0.4 is 15.5 Å². The molecule has 2 N–H and O–H groups in total. The lowest BCUT2D eigenvalue weighted by Crippen LogP contribution is -2.21. The molecule has 0 saturated heterocycles. The van der Waals surface area contributed by atoms with Crippen LogP contribution in [0.3, 0.4) is 0 Å². The normalized spacial score (nSPS) is 10.5. The molecule has 0 fully saturated rings. The van der Waals surface area contributed by atoms with E-state index in [0.717, 1.165) is 36.6 Å². The third kappa shape index (κ3) is 5.07. The van der Waals surface area contributed by atoms with Crippen molar-refractivity contribution in [2.45, 2.75) is 13.8 Å². The molecule has 3 aromatic rings. The van der Waals surface area contributed by atoms with Crippen molar-refractivity contribution in [2.75, 3.05) is 28.6 Å². The standard InChI is InChI=1S/C22H22F2N4O/c1-3-28(4-2)18-9-6-16(7-10-18)26-21-12-5-15(14-25-21)22(29)27-17-8-11-19(23)20(24)13-17/h5-14H,3-4H2,1-2H3,(H,25,26)(H,27,29). The van der Waals surface area contributed by atoms with Gasteiger partial charge in [-0.25, -0.2) is 13.8 Å². The van der Waals surface area contributed by atoms with Crippen LogP contribution in [0.15, 0.2) is 60.8 Å². The highest BCUT2D eigenvalue weighted by atomic mass is 19.2. The minimum absolute atomic E-state index is 0.171. The zero-order valence-corrected chi connectivity index (χ0v) is 16.2. The number of aromatic nitrogens is 1. The van der Waals surface area contributed by atoms with E-state index < -0.39 is 17.5 Å². The molecule has 29 heavy (non-hydrogen) atoms. The van der Waals surface area contributed by atoms with Crippen LogP contribution in [-0.2, 0) is 0 Å². The topological polar surface area (TPSA) is 57.3 Å². The van der Waals surface area contributed by atoms with Crippen molar-refractivity contribution in [1.82, 2.24) is 4.98 Å². The Labute approximate surface area is 168 Å². The van der Waals surface area contributed by atoms with Gasteiger partial charge in [-0.05, 0) is 62.4 Å². The summed E-state index contributed by atoms with van der Waals surface area (Å²) in [5, 5.41) is 5.70. The molecule has 1 aromatic heterocycles. The van der Waals surface area contributed by atoms with Gasteiger partial charge < -0.3 is 15.5 Å². The van der Waals surface area contributed by atoms with Gasteiger partial charge in [0.1, 0.15) is 5.82 Å². The minimum atomic E-state index is -1.02. The van der Waals surface area contributed by atoms with E-state index in [9.17, 15) is 13.6 Å². The van der Waals surface area contributed by atoms with Crippen molar-refractivity contribution in [3.05, 3.63) is 78.0 Å². The highest BCUT2D eigenvalue weighted by Gasteiger charge is 2.09. The average molecular weight is 396 g/mol. The second-order valence-corrected chi connectivity index (χ2v) is 6.36. The number of halogens is 2. The van der Waals surface area contributed by atoms with Crippen LogP contribution in [0.5, 0.6) is 0 Å². The largest absolute Gasteiger partial charge is 0.372 e. The highest BCUT2D eigenvalue weighted by molar-refractivity contribution is 6.04. The lowest BCUT2D eigenvalue weighted by atomic mass is 10.2. The number of pyridine rings is 1. The van der Waals surface area contributed by atoms with Crippen molar-refractivity contribution in [2.24, 2.45) is 0 Å². The van der Waals surface area contributed by atoms with Gasteiger partial charge in [0.2, 0.25) is 0 Å². The van der Waals surface area contributed by atoms with Gasteiger partial charge in [0.05, 0.1) is 5.56 Å². The summed E-state index contributed by atoms with van der Waals surface area (Å²) in [5.41, 5.74) is 2.51. The molecule has 0 spiro atoms. The highest BCUT2D eigenvalue weighted by Crippen LogP contribution is 2.21. The number of amides is 1. The maximum Gasteiger partial charge on any atom is 0.257 e. The average Bonchev–Trinajstić information content (AvgIpc) is 2.73. The van der Waals surface area contributed by atoms with E-state index in [1.807, 2.05) is 24.3 Å². The zero-order chi connectivity index (χ0) is 20.8. The van der Waals surface area contributed by atoms with Crippen LogP contribution in [0.25, 0.3) is 0 Å². The van der Waals surface area contributed by atoms with E-state index in [4.69, 9.17) is 0 Å². The van der Waals surface area contributed by atoms with Crippen LogP contribution in [0.2, 0.25) is 0 Å². The molecule has 0 unspecified atom stereocenters. The minimum Gasteiger partial charge on any atom is -0.372 e. The molecule has 0 radical (unpaired) electrons. The Kier molecular flexibility index (Phi) is 6.39. The Morgan fingerprint density at radius 1 is 0.931 bits per heavy atom. The van der Waals surface area contributed by atoms with Gasteiger partial charge in [0.15, 0.2) is 11.6 Å². The molecule has 1 heterocycles. The van der Waals surface area contributed by atoms with Crippen LogP contribution in [0, 0.1) is 11.6 Å². The van der Waals surface area contributed by atoms with E-state index in [-0.39, 0.29) is 5.69 Å². The first-order valence-corrected chi connectivity index (χ1v) is 9.34. The molecule has 1 amide bonds. The summed E-state index contributed by atoms with van der Waals surface area (Å²) in [7, 11) is 0. The van der Waals surface area contributed by atoms with Crippen LogP contribution >= 0.6 is 0 Å². The number of carbonyl (C=O) groups is 1. The summed E-state index contributed by atoms with van der Waals surface area (Å²) < 4.78 is 26.2. The van der Waals surface area contributed by atoms with Gasteiger partial charge in [-0.15, -0.1) is 0 Å². The Hall–Kier alpha value is -3.48. The molecule has 0 aliphatic rings. The maximum absolute atomic E-state index is 13.3. The van der Waals surface area contributed by atoms with Gasteiger partial charge in [0.25, 0.3) is 5.91 Å². The zero-order valence-electron chi connectivity index (χ0n) is 16.2. The fraction of sp³-hybridized carbons (Fsp3) is 0.182. The van der Waals surface area contributed by atoms with Crippen molar-refractivity contribution in [3.63, 3.8) is 0 Å².